The van der Waals surface area contributed by atoms with Crippen LogP contribution in [0.15, 0.2) is 16.6 Å². The van der Waals surface area contributed by atoms with Crippen LogP contribution in [-0.2, 0) is 4.74 Å². The Balaban J connectivity index is 2.03. The molecule has 2 rings (SSSR count). The molecule has 0 aromatic rings. The number of hydrogen-bond acceptors (Lipinski definition) is 2. The Hall–Kier alpha value is -1.23. The van der Waals surface area contributed by atoms with E-state index in [0.717, 1.165) is 6.42 Å². The van der Waals surface area contributed by atoms with Crippen LogP contribution in [-0.4, -0.2) is 18.0 Å². The predicted octanol–water partition coefficient (Wildman–Crippen LogP) is 2.70. The molecular formula is C13H17NO. The summed E-state index contributed by atoms with van der Waals surface area (Å²) in [5.41, 5.74) is 1.16. The van der Waals surface area contributed by atoms with Crippen molar-refractivity contribution in [2.24, 2.45) is 4.99 Å². The summed E-state index contributed by atoms with van der Waals surface area (Å²) >= 11 is 0. The average Bonchev–Trinajstić information content (AvgIpc) is 2.57. The highest BCUT2D eigenvalue weighted by Crippen LogP contribution is 2.18. The molecule has 2 heteroatoms. The molecule has 0 amide bonds. The molecule has 0 saturated carbocycles. The van der Waals surface area contributed by atoms with E-state index in [4.69, 9.17) is 4.74 Å². The quantitative estimate of drug-likeness (QED) is 0.555. The molecule has 0 N–H and O–H groups in total. The largest absolute Gasteiger partial charge is 0.469 e. The molecule has 0 aromatic heterocycles. The molecule has 0 unspecified atom stereocenters. The van der Waals surface area contributed by atoms with Gasteiger partial charge < -0.3 is 4.74 Å². The van der Waals surface area contributed by atoms with Gasteiger partial charge in [-0.05, 0) is 51.0 Å². The maximum Gasteiger partial charge on any atom is 0.264 e. The second-order valence-corrected chi connectivity index (χ2v) is 4.74. The van der Waals surface area contributed by atoms with Gasteiger partial charge in [0.1, 0.15) is 6.61 Å². The van der Waals surface area contributed by atoms with Crippen LogP contribution < -0.4 is 0 Å². The number of nitrogens with zero attached hydrogens (tertiary/aromatic N) is 1. The van der Waals surface area contributed by atoms with Crippen molar-refractivity contribution in [3.8, 4) is 11.8 Å². The van der Waals surface area contributed by atoms with Crippen LogP contribution in [0.3, 0.4) is 0 Å². The third-order valence-electron chi connectivity index (χ3n) is 2.59. The van der Waals surface area contributed by atoms with Crippen molar-refractivity contribution in [3.63, 3.8) is 0 Å². The van der Waals surface area contributed by atoms with Crippen LogP contribution in [0.25, 0.3) is 0 Å². The molecule has 1 aliphatic carbocycles. The lowest BCUT2D eigenvalue weighted by molar-refractivity contribution is 0.281. The van der Waals surface area contributed by atoms with Crippen molar-refractivity contribution in [2.75, 3.05) is 6.61 Å². The molecule has 80 valence electrons. The van der Waals surface area contributed by atoms with Gasteiger partial charge in [0.15, 0.2) is 0 Å². The summed E-state index contributed by atoms with van der Waals surface area (Å²) in [6.45, 7) is 4.76. The third-order valence-corrected chi connectivity index (χ3v) is 2.59. The molecule has 0 fully saturated rings. The van der Waals surface area contributed by atoms with Gasteiger partial charge >= 0.3 is 0 Å². The summed E-state index contributed by atoms with van der Waals surface area (Å²) in [6.07, 6.45) is 7.08. The maximum atomic E-state index is 5.41. The first-order valence-electron chi connectivity index (χ1n) is 5.59. The molecule has 1 heterocycles. The smallest absolute Gasteiger partial charge is 0.264 e. The fourth-order valence-corrected chi connectivity index (χ4v) is 1.73. The van der Waals surface area contributed by atoms with Gasteiger partial charge in [-0.3, -0.25) is 0 Å². The van der Waals surface area contributed by atoms with Crippen LogP contribution in [0.4, 0.5) is 0 Å². The summed E-state index contributed by atoms with van der Waals surface area (Å²) in [6, 6.07) is 0. The topological polar surface area (TPSA) is 21.6 Å². The normalized spacial score (nSPS) is 23.3. The summed E-state index contributed by atoms with van der Waals surface area (Å²) < 4.78 is 5.41. The minimum absolute atomic E-state index is 0.0923. The highest BCUT2D eigenvalue weighted by Gasteiger charge is 2.25. The molecule has 0 spiro atoms. The molecule has 0 atom stereocenters. The Kier molecular flexibility index (Phi) is 2.81. The zero-order valence-electron chi connectivity index (χ0n) is 9.47. The maximum absolute atomic E-state index is 5.41. The molecular weight excluding hydrogens is 186 g/mol. The van der Waals surface area contributed by atoms with Crippen LogP contribution in [0.2, 0.25) is 0 Å². The van der Waals surface area contributed by atoms with Gasteiger partial charge in [-0.15, -0.1) is 0 Å². The number of aliphatic imine (C=N–C) groups is 1. The molecule has 1 aliphatic heterocycles. The van der Waals surface area contributed by atoms with Crippen molar-refractivity contribution in [1.29, 1.82) is 0 Å². The van der Waals surface area contributed by atoms with E-state index in [1.165, 1.54) is 24.8 Å². The van der Waals surface area contributed by atoms with Gasteiger partial charge in [0, 0.05) is 0 Å². The number of allylic oxidation sites excluding steroid dienone is 2. The number of ether oxygens (including phenoxy) is 1. The third kappa shape index (κ3) is 2.86. The minimum Gasteiger partial charge on any atom is -0.469 e. The average molecular weight is 203 g/mol. The summed E-state index contributed by atoms with van der Waals surface area (Å²) in [5, 5.41) is 0. The second kappa shape index (κ2) is 4.10. The molecule has 0 aromatic carbocycles. The SMILES string of the molecule is CC1(C)COC(C#CC2=CCCCC2)=N1. The van der Waals surface area contributed by atoms with E-state index >= 15 is 0 Å². The van der Waals surface area contributed by atoms with Crippen molar-refractivity contribution in [3.05, 3.63) is 11.6 Å². The highest BCUT2D eigenvalue weighted by molar-refractivity contribution is 5.95. The van der Waals surface area contributed by atoms with Gasteiger partial charge in [-0.2, -0.15) is 0 Å². The van der Waals surface area contributed by atoms with Crippen molar-refractivity contribution in [2.45, 2.75) is 45.1 Å². The molecule has 2 aliphatic rings. The Morgan fingerprint density at radius 2 is 2.20 bits per heavy atom. The van der Waals surface area contributed by atoms with Crippen LogP contribution >= 0.6 is 0 Å². The predicted molar refractivity (Wildman–Crippen MR) is 61.8 cm³/mol. The van der Waals surface area contributed by atoms with Gasteiger partial charge in [0.25, 0.3) is 5.90 Å². The lowest BCUT2D eigenvalue weighted by atomic mass is 10.0. The second-order valence-electron chi connectivity index (χ2n) is 4.74. The Labute approximate surface area is 91.4 Å². The molecule has 2 nitrogen and oxygen atoms in total. The van der Waals surface area contributed by atoms with Gasteiger partial charge in [0.05, 0.1) is 5.54 Å². The Morgan fingerprint density at radius 3 is 2.80 bits per heavy atom. The van der Waals surface area contributed by atoms with E-state index in [9.17, 15) is 0 Å². The number of hydrogen-bond donors (Lipinski definition) is 0. The van der Waals surface area contributed by atoms with E-state index in [1.807, 2.05) is 0 Å². The van der Waals surface area contributed by atoms with Gasteiger partial charge in [-0.25, -0.2) is 4.99 Å². The number of rotatable bonds is 0. The van der Waals surface area contributed by atoms with Crippen LogP contribution in [0.1, 0.15) is 39.5 Å². The zero-order chi connectivity index (χ0) is 10.7. The first-order valence-corrected chi connectivity index (χ1v) is 5.59. The fourth-order valence-electron chi connectivity index (χ4n) is 1.73. The van der Waals surface area contributed by atoms with E-state index in [2.05, 4.69) is 36.8 Å². The van der Waals surface area contributed by atoms with Crippen LogP contribution in [0, 0.1) is 11.8 Å². The standard InChI is InChI=1S/C13H17NO/c1-13(2)10-15-12(14-13)9-8-11-6-4-3-5-7-11/h6H,3-5,7,10H2,1-2H3. The summed E-state index contributed by atoms with van der Waals surface area (Å²) in [5.74, 6) is 6.78. The highest BCUT2D eigenvalue weighted by atomic mass is 16.5. The molecule has 0 radical (unpaired) electrons. The first-order chi connectivity index (χ1) is 7.16. The van der Waals surface area contributed by atoms with E-state index in [-0.39, 0.29) is 5.54 Å². The summed E-state index contributed by atoms with van der Waals surface area (Å²) in [4.78, 5) is 4.40. The fraction of sp³-hybridized carbons (Fsp3) is 0.615. The first kappa shape index (κ1) is 10.3. The van der Waals surface area contributed by atoms with E-state index in [0.29, 0.717) is 12.5 Å². The van der Waals surface area contributed by atoms with Gasteiger partial charge in [-0.1, -0.05) is 12.0 Å². The van der Waals surface area contributed by atoms with Crippen LogP contribution in [0.5, 0.6) is 0 Å². The minimum atomic E-state index is -0.0923. The molecule has 0 bridgehead atoms. The van der Waals surface area contributed by atoms with Crippen molar-refractivity contribution in [1.82, 2.24) is 0 Å². The summed E-state index contributed by atoms with van der Waals surface area (Å²) in [7, 11) is 0. The van der Waals surface area contributed by atoms with Gasteiger partial charge in [0.2, 0.25) is 0 Å². The monoisotopic (exact) mass is 203 g/mol. The van der Waals surface area contributed by atoms with E-state index < -0.39 is 0 Å². The lowest BCUT2D eigenvalue weighted by Gasteiger charge is -2.07. The molecule has 15 heavy (non-hydrogen) atoms. The van der Waals surface area contributed by atoms with Crippen molar-refractivity contribution >= 4 is 5.90 Å². The Morgan fingerprint density at radius 1 is 1.33 bits per heavy atom. The van der Waals surface area contributed by atoms with Crippen molar-refractivity contribution < 1.29 is 4.74 Å². The van der Waals surface area contributed by atoms with E-state index in [1.54, 1.807) is 0 Å². The molecule has 0 saturated heterocycles. The Bertz CT molecular complexity index is 366. The zero-order valence-corrected chi connectivity index (χ0v) is 9.47. The lowest BCUT2D eigenvalue weighted by Crippen LogP contribution is -2.17.